The van der Waals surface area contributed by atoms with Crippen molar-refractivity contribution in [3.63, 3.8) is 0 Å². The van der Waals surface area contributed by atoms with E-state index in [1.54, 1.807) is 0 Å². The maximum atomic E-state index is 12.5. The molecule has 2 heterocycles. The van der Waals surface area contributed by atoms with Crippen LogP contribution < -0.4 is 0 Å². The van der Waals surface area contributed by atoms with Gasteiger partial charge in [-0.15, -0.1) is 0 Å². The first-order chi connectivity index (χ1) is 10.2. The molecule has 4 nitrogen and oxygen atoms in total. The van der Waals surface area contributed by atoms with E-state index in [1.807, 2.05) is 48.2 Å². The van der Waals surface area contributed by atoms with Crippen molar-refractivity contribution in [2.75, 3.05) is 26.3 Å². The highest BCUT2D eigenvalue weighted by Gasteiger charge is 2.40. The fraction of sp³-hybridized carbons (Fsp3) is 0.471. The van der Waals surface area contributed by atoms with Crippen molar-refractivity contribution in [2.24, 2.45) is 0 Å². The lowest BCUT2D eigenvalue weighted by Gasteiger charge is -2.37. The third-order valence-electron chi connectivity index (χ3n) is 4.15. The summed E-state index contributed by atoms with van der Waals surface area (Å²) >= 11 is 0. The predicted octanol–water partition coefficient (Wildman–Crippen LogP) is 2.46. The van der Waals surface area contributed by atoms with Gasteiger partial charge in [0.15, 0.2) is 5.79 Å². The largest absolute Gasteiger partial charge is 0.347 e. The maximum absolute atomic E-state index is 12.5. The average molecular weight is 287 g/mol. The maximum Gasteiger partial charge on any atom is 0.249 e. The van der Waals surface area contributed by atoms with Gasteiger partial charge in [0, 0.05) is 31.5 Å². The molecule has 0 N–H and O–H groups in total. The highest BCUT2D eigenvalue weighted by molar-refractivity contribution is 5.97. The molecule has 0 aromatic heterocycles. The topological polar surface area (TPSA) is 38.8 Å². The molecule has 3 rings (SSSR count). The Morgan fingerprint density at radius 2 is 1.76 bits per heavy atom. The first-order valence-corrected chi connectivity index (χ1v) is 7.49. The number of ether oxygens (including phenoxy) is 2. The van der Waals surface area contributed by atoms with Gasteiger partial charge in [0.05, 0.1) is 13.2 Å². The second-order valence-electron chi connectivity index (χ2n) is 5.64. The molecule has 0 atom stereocenters. The van der Waals surface area contributed by atoms with Crippen molar-refractivity contribution < 1.29 is 14.3 Å². The van der Waals surface area contributed by atoms with E-state index in [0.717, 1.165) is 24.0 Å². The summed E-state index contributed by atoms with van der Waals surface area (Å²) in [6.07, 6.45) is 3.46. The molecule has 0 saturated carbocycles. The van der Waals surface area contributed by atoms with Crippen LogP contribution in [0.3, 0.4) is 0 Å². The Kier molecular flexibility index (Phi) is 4.08. The van der Waals surface area contributed by atoms with Crippen molar-refractivity contribution in [1.29, 1.82) is 0 Å². The number of nitrogens with zero attached hydrogens (tertiary/aromatic N) is 1. The van der Waals surface area contributed by atoms with Crippen molar-refractivity contribution in [3.05, 3.63) is 41.5 Å². The van der Waals surface area contributed by atoms with Gasteiger partial charge in [-0.25, -0.2) is 0 Å². The molecular formula is C17H21NO3. The highest BCUT2D eigenvalue weighted by atomic mass is 16.7. The van der Waals surface area contributed by atoms with Crippen LogP contribution in [-0.2, 0) is 14.3 Å². The van der Waals surface area contributed by atoms with E-state index >= 15 is 0 Å². The van der Waals surface area contributed by atoms with Gasteiger partial charge in [-0.3, -0.25) is 4.79 Å². The molecule has 1 spiro atoms. The fourth-order valence-corrected chi connectivity index (χ4v) is 2.95. The summed E-state index contributed by atoms with van der Waals surface area (Å²) in [5.74, 6) is -0.319. The van der Waals surface area contributed by atoms with E-state index in [1.165, 1.54) is 0 Å². The first-order valence-electron chi connectivity index (χ1n) is 7.49. The second-order valence-corrected chi connectivity index (χ2v) is 5.64. The number of benzene rings is 1. The molecule has 4 heteroatoms. The van der Waals surface area contributed by atoms with Crippen molar-refractivity contribution in [3.8, 4) is 0 Å². The van der Waals surface area contributed by atoms with Crippen molar-refractivity contribution in [2.45, 2.75) is 25.6 Å². The van der Waals surface area contributed by atoms with Crippen LogP contribution >= 0.6 is 0 Å². The lowest BCUT2D eigenvalue weighted by atomic mass is 10.0. The molecule has 2 aliphatic rings. The molecule has 21 heavy (non-hydrogen) atoms. The van der Waals surface area contributed by atoms with Gasteiger partial charge < -0.3 is 14.4 Å². The number of carbonyl (C=O) groups excluding carboxylic acids is 1. The standard InChI is InChI=1S/C17H21NO3/c1-14(13-15-5-3-2-4-6-15)16(19)18-9-7-17(8-10-18)20-11-12-21-17/h2-6,13H,7-12H2,1H3/b14-13+. The van der Waals surface area contributed by atoms with Crippen LogP contribution in [0.5, 0.6) is 0 Å². The molecule has 0 radical (unpaired) electrons. The van der Waals surface area contributed by atoms with E-state index in [0.29, 0.717) is 26.3 Å². The summed E-state index contributed by atoms with van der Waals surface area (Å²) in [5, 5.41) is 0. The minimum Gasteiger partial charge on any atom is -0.347 e. The summed E-state index contributed by atoms with van der Waals surface area (Å²) in [4.78, 5) is 14.4. The Bertz CT molecular complexity index is 522. The molecule has 2 aliphatic heterocycles. The molecule has 2 fully saturated rings. The molecule has 1 aromatic rings. The van der Waals surface area contributed by atoms with Crippen molar-refractivity contribution in [1.82, 2.24) is 4.90 Å². The van der Waals surface area contributed by atoms with Crippen LogP contribution in [-0.4, -0.2) is 42.9 Å². The van der Waals surface area contributed by atoms with Gasteiger partial charge in [-0.1, -0.05) is 30.3 Å². The zero-order chi connectivity index (χ0) is 14.7. The summed E-state index contributed by atoms with van der Waals surface area (Å²) in [7, 11) is 0. The third-order valence-corrected chi connectivity index (χ3v) is 4.15. The molecule has 0 bridgehead atoms. The number of piperidine rings is 1. The minimum absolute atomic E-state index is 0.103. The molecule has 1 aromatic carbocycles. The quantitative estimate of drug-likeness (QED) is 0.784. The zero-order valence-electron chi connectivity index (χ0n) is 12.4. The fourth-order valence-electron chi connectivity index (χ4n) is 2.95. The van der Waals surface area contributed by atoms with Gasteiger partial charge in [0.1, 0.15) is 0 Å². The number of amides is 1. The first kappa shape index (κ1) is 14.3. The van der Waals surface area contributed by atoms with E-state index < -0.39 is 5.79 Å². The Morgan fingerprint density at radius 1 is 1.14 bits per heavy atom. The van der Waals surface area contributed by atoms with Gasteiger partial charge in [-0.05, 0) is 18.6 Å². The summed E-state index contributed by atoms with van der Waals surface area (Å²) in [6, 6.07) is 9.93. The van der Waals surface area contributed by atoms with E-state index in [2.05, 4.69) is 0 Å². The van der Waals surface area contributed by atoms with E-state index in [9.17, 15) is 4.79 Å². The monoisotopic (exact) mass is 287 g/mol. The Labute approximate surface area is 125 Å². The van der Waals surface area contributed by atoms with Crippen LogP contribution in [0.1, 0.15) is 25.3 Å². The normalized spacial score (nSPS) is 21.8. The average Bonchev–Trinajstić information content (AvgIpc) is 2.96. The van der Waals surface area contributed by atoms with Crippen LogP contribution in [0, 0.1) is 0 Å². The third kappa shape index (κ3) is 3.17. The second kappa shape index (κ2) is 6.00. The Morgan fingerprint density at radius 3 is 2.38 bits per heavy atom. The summed E-state index contributed by atoms with van der Waals surface area (Å²) in [5.41, 5.74) is 1.82. The van der Waals surface area contributed by atoms with Gasteiger partial charge in [0.25, 0.3) is 0 Å². The Hall–Kier alpha value is -1.65. The summed E-state index contributed by atoms with van der Waals surface area (Å²) < 4.78 is 11.4. The number of likely N-dealkylation sites (tertiary alicyclic amines) is 1. The number of hydrogen-bond donors (Lipinski definition) is 0. The number of rotatable bonds is 2. The molecule has 2 saturated heterocycles. The molecule has 1 amide bonds. The Balaban J connectivity index is 1.62. The lowest BCUT2D eigenvalue weighted by Crippen LogP contribution is -2.47. The smallest absolute Gasteiger partial charge is 0.249 e. The van der Waals surface area contributed by atoms with Gasteiger partial charge in [-0.2, -0.15) is 0 Å². The molecule has 0 unspecified atom stereocenters. The van der Waals surface area contributed by atoms with Gasteiger partial charge >= 0.3 is 0 Å². The number of hydrogen-bond acceptors (Lipinski definition) is 3. The molecular weight excluding hydrogens is 266 g/mol. The molecule has 0 aliphatic carbocycles. The van der Waals surface area contributed by atoms with E-state index in [4.69, 9.17) is 9.47 Å². The van der Waals surface area contributed by atoms with Crippen LogP contribution in [0.2, 0.25) is 0 Å². The van der Waals surface area contributed by atoms with Crippen LogP contribution in [0.25, 0.3) is 6.08 Å². The van der Waals surface area contributed by atoms with Crippen LogP contribution in [0.4, 0.5) is 0 Å². The number of carbonyl (C=O) groups is 1. The molecule has 112 valence electrons. The van der Waals surface area contributed by atoms with Gasteiger partial charge in [0.2, 0.25) is 5.91 Å². The predicted molar refractivity (Wildman–Crippen MR) is 80.5 cm³/mol. The highest BCUT2D eigenvalue weighted by Crippen LogP contribution is 2.31. The van der Waals surface area contributed by atoms with Crippen LogP contribution in [0.15, 0.2) is 35.9 Å². The SMILES string of the molecule is C/C(=C\c1ccccc1)C(=O)N1CCC2(CC1)OCCO2. The zero-order valence-corrected chi connectivity index (χ0v) is 12.4. The summed E-state index contributed by atoms with van der Waals surface area (Å²) in [6.45, 7) is 4.60. The van der Waals surface area contributed by atoms with Crippen molar-refractivity contribution >= 4 is 12.0 Å². The lowest BCUT2D eigenvalue weighted by molar-refractivity contribution is -0.186. The minimum atomic E-state index is -0.423. The van der Waals surface area contributed by atoms with E-state index in [-0.39, 0.29) is 5.91 Å².